The van der Waals surface area contributed by atoms with Crippen molar-refractivity contribution in [3.63, 3.8) is 0 Å². The molecule has 0 unspecified atom stereocenters. The van der Waals surface area contributed by atoms with Crippen molar-refractivity contribution < 1.29 is 17.9 Å². The second-order valence-electron chi connectivity index (χ2n) is 5.59. The van der Waals surface area contributed by atoms with Gasteiger partial charge in [0.2, 0.25) is 0 Å². The van der Waals surface area contributed by atoms with Gasteiger partial charge in [-0.3, -0.25) is 0 Å². The quantitative estimate of drug-likeness (QED) is 0.390. The first-order valence-corrected chi connectivity index (χ1v) is 8.16. The van der Waals surface area contributed by atoms with Crippen LogP contribution >= 0.6 is 11.6 Å². The predicted molar refractivity (Wildman–Crippen MR) is 89.1 cm³/mol. The van der Waals surface area contributed by atoms with E-state index in [-0.39, 0.29) is 34.7 Å². The van der Waals surface area contributed by atoms with Gasteiger partial charge in [-0.2, -0.15) is 13.2 Å². The van der Waals surface area contributed by atoms with E-state index in [9.17, 15) is 18.4 Å². The van der Waals surface area contributed by atoms with Crippen LogP contribution in [0.2, 0.25) is 0 Å². The molecule has 25 heavy (non-hydrogen) atoms. The summed E-state index contributed by atoms with van der Waals surface area (Å²) in [4.78, 5) is 3.87. The first-order chi connectivity index (χ1) is 11.9. The van der Waals surface area contributed by atoms with Gasteiger partial charge in [-0.15, -0.1) is 11.6 Å². The van der Waals surface area contributed by atoms with Crippen molar-refractivity contribution in [3.8, 4) is 0 Å². The molecule has 3 aromatic rings. The Hall–Kier alpha value is -2.34. The van der Waals surface area contributed by atoms with Gasteiger partial charge in [0, 0.05) is 6.42 Å². The lowest BCUT2D eigenvalue weighted by molar-refractivity contribution is -0.623. The number of aryl methyl sites for hydroxylation is 2. The van der Waals surface area contributed by atoms with Crippen molar-refractivity contribution in [2.24, 2.45) is 0 Å². The summed E-state index contributed by atoms with van der Waals surface area (Å²) in [6.07, 6.45) is -3.74. The van der Waals surface area contributed by atoms with Gasteiger partial charge in [0.15, 0.2) is 5.52 Å². The predicted octanol–water partition coefficient (Wildman–Crippen LogP) is 4.41. The van der Waals surface area contributed by atoms with Crippen molar-refractivity contribution in [2.75, 3.05) is 0 Å². The van der Waals surface area contributed by atoms with Crippen molar-refractivity contribution in [1.29, 1.82) is 0 Å². The second-order valence-corrected chi connectivity index (χ2v) is 5.86. The number of para-hydroxylation sites is 1. The lowest BCUT2D eigenvalue weighted by atomic mass is 10.0. The van der Waals surface area contributed by atoms with Crippen LogP contribution in [0.25, 0.3) is 10.9 Å². The monoisotopic (exact) mass is 366 g/mol. The molecule has 3 rings (SSSR count). The highest BCUT2D eigenvalue weighted by Crippen LogP contribution is 2.34. The Morgan fingerprint density at radius 2 is 1.72 bits per heavy atom. The summed E-state index contributed by atoms with van der Waals surface area (Å²) in [5, 5.41) is 12.7. The highest BCUT2D eigenvalue weighted by atomic mass is 35.5. The minimum absolute atomic E-state index is 0.131. The molecule has 0 N–H and O–H groups in total. The van der Waals surface area contributed by atoms with E-state index in [4.69, 9.17) is 11.6 Å². The van der Waals surface area contributed by atoms with Gasteiger partial charge in [-0.1, -0.05) is 36.4 Å². The fourth-order valence-corrected chi connectivity index (χ4v) is 2.96. The number of aromatic nitrogens is 2. The van der Waals surface area contributed by atoms with Gasteiger partial charge in [0.25, 0.3) is 0 Å². The number of hydrogen-bond donors (Lipinski definition) is 0. The summed E-state index contributed by atoms with van der Waals surface area (Å²) in [7, 11) is 0. The Labute approximate surface area is 147 Å². The summed E-state index contributed by atoms with van der Waals surface area (Å²) in [5.74, 6) is -0.391. The summed E-state index contributed by atoms with van der Waals surface area (Å²) in [6.45, 7) is 0. The lowest BCUT2D eigenvalue weighted by Crippen LogP contribution is -2.38. The van der Waals surface area contributed by atoms with Crippen LogP contribution in [0, 0.1) is 5.21 Å². The zero-order valence-electron chi connectivity index (χ0n) is 13.1. The highest BCUT2D eigenvalue weighted by molar-refractivity contribution is 6.16. The van der Waals surface area contributed by atoms with Crippen LogP contribution in [0.4, 0.5) is 13.2 Å². The number of halogens is 4. The Balaban J connectivity index is 2.14. The minimum atomic E-state index is -4.55. The smallest absolute Gasteiger partial charge is 0.420 e. The van der Waals surface area contributed by atoms with Crippen molar-refractivity contribution in [1.82, 2.24) is 4.98 Å². The third kappa shape index (κ3) is 3.54. The molecule has 0 saturated heterocycles. The van der Waals surface area contributed by atoms with E-state index >= 15 is 0 Å². The van der Waals surface area contributed by atoms with Gasteiger partial charge in [0.05, 0.1) is 5.39 Å². The number of nitrogens with zero attached hydrogens (tertiary/aromatic N) is 2. The largest absolute Gasteiger partial charge is 0.710 e. The first kappa shape index (κ1) is 17.5. The van der Waals surface area contributed by atoms with Crippen LogP contribution in [0.5, 0.6) is 0 Å². The van der Waals surface area contributed by atoms with E-state index in [2.05, 4.69) is 4.98 Å². The van der Waals surface area contributed by atoms with E-state index in [1.54, 1.807) is 0 Å². The number of benzene rings is 2. The van der Waals surface area contributed by atoms with Crippen molar-refractivity contribution >= 4 is 22.5 Å². The second kappa shape index (κ2) is 6.88. The molecule has 1 heterocycles. The number of hydrogen-bond acceptors (Lipinski definition) is 2. The van der Waals surface area contributed by atoms with Crippen LogP contribution in [-0.4, -0.2) is 4.98 Å². The van der Waals surface area contributed by atoms with Crippen LogP contribution < -0.4 is 4.73 Å². The van der Waals surface area contributed by atoms with Crippen LogP contribution in [-0.2, 0) is 24.9 Å². The molecular weight excluding hydrogens is 353 g/mol. The maximum atomic E-state index is 13.3. The molecule has 3 nitrogen and oxygen atoms in total. The van der Waals surface area contributed by atoms with Crippen molar-refractivity contribution in [2.45, 2.75) is 24.9 Å². The molecule has 0 saturated carbocycles. The van der Waals surface area contributed by atoms with E-state index in [1.807, 2.05) is 30.3 Å². The zero-order chi connectivity index (χ0) is 18.0. The Morgan fingerprint density at radius 3 is 2.36 bits per heavy atom. The summed E-state index contributed by atoms with van der Waals surface area (Å²) >= 11 is 5.72. The normalized spacial score (nSPS) is 11.8. The average molecular weight is 367 g/mol. The fraction of sp³-hybridized carbons (Fsp3) is 0.222. The topological polar surface area (TPSA) is 39.8 Å². The highest BCUT2D eigenvalue weighted by Gasteiger charge is 2.36. The maximum Gasteiger partial charge on any atom is 0.420 e. The average Bonchev–Trinajstić information content (AvgIpc) is 2.60. The van der Waals surface area contributed by atoms with Crippen molar-refractivity contribution in [3.05, 3.63) is 76.4 Å². The van der Waals surface area contributed by atoms with Gasteiger partial charge in [0.1, 0.15) is 17.1 Å². The first-order valence-electron chi connectivity index (χ1n) is 7.63. The SMILES string of the molecule is [O-][n+]1c(CCl)nc2c(C(F)(F)F)cccc2c1CCc1ccccc1. The third-order valence-electron chi connectivity index (χ3n) is 3.99. The van der Waals surface area contributed by atoms with Crippen LogP contribution in [0.1, 0.15) is 22.6 Å². The number of rotatable bonds is 4. The molecule has 7 heteroatoms. The van der Waals surface area contributed by atoms with Gasteiger partial charge < -0.3 is 5.21 Å². The lowest BCUT2D eigenvalue weighted by Gasteiger charge is -2.15. The summed E-state index contributed by atoms with van der Waals surface area (Å²) in [5.41, 5.74) is 0.140. The Bertz CT molecular complexity index is 898. The van der Waals surface area contributed by atoms with E-state index < -0.39 is 11.7 Å². The molecule has 0 aliphatic rings. The molecule has 130 valence electrons. The minimum Gasteiger partial charge on any atom is -0.710 e. The molecule has 0 fully saturated rings. The maximum absolute atomic E-state index is 13.3. The molecule has 0 aliphatic carbocycles. The van der Waals surface area contributed by atoms with Gasteiger partial charge in [-0.25, -0.2) is 4.73 Å². The molecular formula is C18H14ClF3N2O. The van der Waals surface area contributed by atoms with Gasteiger partial charge >= 0.3 is 12.0 Å². The van der Waals surface area contributed by atoms with Crippen LogP contribution in [0.15, 0.2) is 48.5 Å². The fourth-order valence-electron chi connectivity index (χ4n) is 2.79. The summed E-state index contributed by atoms with van der Waals surface area (Å²) < 4.78 is 40.4. The summed E-state index contributed by atoms with van der Waals surface area (Å²) in [6, 6.07) is 13.2. The molecule has 0 amide bonds. The molecule has 1 aromatic heterocycles. The molecule has 2 aromatic carbocycles. The zero-order valence-corrected chi connectivity index (χ0v) is 13.8. The van der Waals surface area contributed by atoms with E-state index in [0.717, 1.165) is 11.6 Å². The van der Waals surface area contributed by atoms with Gasteiger partial charge in [-0.05, 0) is 29.1 Å². The number of alkyl halides is 4. The van der Waals surface area contributed by atoms with E-state index in [0.29, 0.717) is 11.2 Å². The molecule has 0 bridgehead atoms. The molecule has 0 spiro atoms. The molecule has 0 atom stereocenters. The van der Waals surface area contributed by atoms with Crippen LogP contribution in [0.3, 0.4) is 0 Å². The Kier molecular flexibility index (Phi) is 4.81. The third-order valence-corrected chi connectivity index (χ3v) is 4.22. The molecule has 0 aliphatic heterocycles. The number of fused-ring (bicyclic) bond motifs is 1. The molecule has 0 radical (unpaired) electrons. The van der Waals surface area contributed by atoms with E-state index in [1.165, 1.54) is 12.1 Å². The standard InChI is InChI=1S/C18H14ClF3N2O/c19-11-16-23-17-13(7-4-8-14(17)18(20,21)22)15(24(16)25)10-9-12-5-2-1-3-6-12/h1-8H,9-11H2. The Morgan fingerprint density at radius 1 is 1.00 bits per heavy atom.